The second kappa shape index (κ2) is 4.26. The second-order valence-corrected chi connectivity index (χ2v) is 5.10. The molecule has 1 aromatic carbocycles. The van der Waals surface area contributed by atoms with E-state index in [4.69, 9.17) is 10.2 Å². The van der Waals surface area contributed by atoms with Crippen LogP contribution in [0, 0.1) is 0 Å². The molecule has 98 valence electrons. The minimum absolute atomic E-state index is 0.170. The van der Waals surface area contributed by atoms with Gasteiger partial charge in [-0.1, -0.05) is 6.07 Å². The Bertz CT molecular complexity index is 625. The largest absolute Gasteiger partial charge is 0.419 e. The summed E-state index contributed by atoms with van der Waals surface area (Å²) in [6.07, 6.45) is 0. The quantitative estimate of drug-likeness (QED) is 0.855. The topological polar surface area (TPSA) is 73.2 Å². The third kappa shape index (κ3) is 1.95. The van der Waals surface area contributed by atoms with Gasteiger partial charge in [-0.2, -0.15) is 0 Å². The van der Waals surface area contributed by atoms with Crippen molar-refractivity contribution in [3.63, 3.8) is 0 Å². The molecule has 0 aliphatic rings. The summed E-state index contributed by atoms with van der Waals surface area (Å²) in [5.41, 5.74) is 8.34. The van der Waals surface area contributed by atoms with Crippen molar-refractivity contribution in [2.45, 2.75) is 25.4 Å². The molecule has 0 amide bonds. The molecule has 5 nitrogen and oxygen atoms in total. The SMILES string of the molecule is CNC(C)(C)C(N)c1ccc2oc(=O)n(C)c2c1. The molecule has 1 heterocycles. The van der Waals surface area contributed by atoms with Crippen LogP contribution in [-0.4, -0.2) is 17.2 Å². The van der Waals surface area contributed by atoms with Crippen molar-refractivity contribution >= 4 is 11.1 Å². The Labute approximate surface area is 106 Å². The number of nitrogens with zero attached hydrogens (tertiary/aromatic N) is 1. The number of aromatic nitrogens is 1. The zero-order valence-corrected chi connectivity index (χ0v) is 11.2. The fraction of sp³-hybridized carbons (Fsp3) is 0.462. The second-order valence-electron chi connectivity index (χ2n) is 5.10. The molecule has 2 aromatic rings. The van der Waals surface area contributed by atoms with Crippen molar-refractivity contribution in [1.82, 2.24) is 9.88 Å². The number of hydrogen-bond donors (Lipinski definition) is 2. The molecule has 0 bridgehead atoms. The van der Waals surface area contributed by atoms with Gasteiger partial charge < -0.3 is 15.5 Å². The number of aryl methyl sites for hydroxylation is 1. The van der Waals surface area contributed by atoms with Gasteiger partial charge in [0, 0.05) is 18.6 Å². The van der Waals surface area contributed by atoms with E-state index in [-0.39, 0.29) is 17.3 Å². The normalized spacial score (nSPS) is 14.1. The van der Waals surface area contributed by atoms with Crippen molar-refractivity contribution in [2.24, 2.45) is 12.8 Å². The number of benzene rings is 1. The van der Waals surface area contributed by atoms with E-state index in [9.17, 15) is 4.79 Å². The Kier molecular flexibility index (Phi) is 3.04. The van der Waals surface area contributed by atoms with Gasteiger partial charge in [-0.05, 0) is 38.6 Å². The first-order valence-electron chi connectivity index (χ1n) is 5.91. The summed E-state index contributed by atoms with van der Waals surface area (Å²) in [6, 6.07) is 5.42. The Morgan fingerprint density at radius 2 is 2.11 bits per heavy atom. The van der Waals surface area contributed by atoms with Gasteiger partial charge in [0.1, 0.15) is 0 Å². The molecular formula is C13H19N3O2. The molecular weight excluding hydrogens is 230 g/mol. The fourth-order valence-electron chi connectivity index (χ4n) is 1.91. The van der Waals surface area contributed by atoms with E-state index < -0.39 is 0 Å². The molecule has 0 spiro atoms. The van der Waals surface area contributed by atoms with E-state index in [2.05, 4.69) is 5.32 Å². The lowest BCUT2D eigenvalue weighted by Gasteiger charge is -2.31. The number of oxazole rings is 1. The zero-order chi connectivity index (χ0) is 13.5. The average Bonchev–Trinajstić information content (AvgIpc) is 2.64. The summed E-state index contributed by atoms with van der Waals surface area (Å²) in [7, 11) is 3.57. The standard InChI is InChI=1S/C13H19N3O2/c1-13(2,15-3)11(14)8-5-6-10-9(7-8)16(4)12(17)18-10/h5-7,11,15H,14H2,1-4H3. The van der Waals surface area contributed by atoms with E-state index in [1.807, 2.05) is 33.0 Å². The van der Waals surface area contributed by atoms with Crippen LogP contribution in [-0.2, 0) is 7.05 Å². The Morgan fingerprint density at radius 1 is 1.44 bits per heavy atom. The van der Waals surface area contributed by atoms with Crippen molar-refractivity contribution in [3.05, 3.63) is 34.3 Å². The molecule has 0 aliphatic heterocycles. The first-order valence-corrected chi connectivity index (χ1v) is 5.91. The third-order valence-electron chi connectivity index (χ3n) is 3.60. The Hall–Kier alpha value is -1.59. The maximum absolute atomic E-state index is 11.4. The smallest absolute Gasteiger partial charge is 0.408 e. The highest BCUT2D eigenvalue weighted by molar-refractivity contribution is 5.73. The highest BCUT2D eigenvalue weighted by Gasteiger charge is 2.26. The van der Waals surface area contributed by atoms with E-state index in [1.165, 1.54) is 4.57 Å². The van der Waals surface area contributed by atoms with E-state index in [0.29, 0.717) is 5.58 Å². The molecule has 0 saturated heterocycles. The molecule has 3 N–H and O–H groups in total. The number of nitrogens with one attached hydrogen (secondary N) is 1. The highest BCUT2D eigenvalue weighted by atomic mass is 16.4. The summed E-state index contributed by atoms with van der Waals surface area (Å²) in [5, 5.41) is 3.19. The predicted molar refractivity (Wildman–Crippen MR) is 71.5 cm³/mol. The molecule has 0 aliphatic carbocycles. The molecule has 0 fully saturated rings. The van der Waals surface area contributed by atoms with E-state index >= 15 is 0 Å². The predicted octanol–water partition coefficient (Wildman–Crippen LogP) is 1.13. The van der Waals surface area contributed by atoms with Crippen molar-refractivity contribution in [2.75, 3.05) is 7.05 Å². The van der Waals surface area contributed by atoms with Crippen LogP contribution in [0.2, 0.25) is 0 Å². The monoisotopic (exact) mass is 249 g/mol. The van der Waals surface area contributed by atoms with Gasteiger partial charge >= 0.3 is 5.76 Å². The molecule has 1 atom stereocenters. The van der Waals surface area contributed by atoms with E-state index in [1.54, 1.807) is 13.1 Å². The molecule has 0 saturated carbocycles. The van der Waals surface area contributed by atoms with Gasteiger partial charge in [-0.3, -0.25) is 4.57 Å². The van der Waals surface area contributed by atoms with Crippen LogP contribution < -0.4 is 16.8 Å². The van der Waals surface area contributed by atoms with Crippen LogP contribution in [0.1, 0.15) is 25.5 Å². The number of rotatable bonds is 3. The van der Waals surface area contributed by atoms with Gasteiger partial charge in [0.05, 0.1) is 5.52 Å². The van der Waals surface area contributed by atoms with Crippen LogP contribution in [0.3, 0.4) is 0 Å². The van der Waals surface area contributed by atoms with Crippen LogP contribution in [0.5, 0.6) is 0 Å². The fourth-order valence-corrected chi connectivity index (χ4v) is 1.91. The molecule has 2 rings (SSSR count). The van der Waals surface area contributed by atoms with Gasteiger partial charge in [0.25, 0.3) is 0 Å². The summed E-state index contributed by atoms with van der Waals surface area (Å²) < 4.78 is 6.58. The lowest BCUT2D eigenvalue weighted by atomic mass is 9.89. The number of fused-ring (bicyclic) bond motifs is 1. The molecule has 18 heavy (non-hydrogen) atoms. The van der Waals surface area contributed by atoms with Gasteiger partial charge in [-0.25, -0.2) is 4.79 Å². The third-order valence-corrected chi connectivity index (χ3v) is 3.60. The van der Waals surface area contributed by atoms with Crippen LogP contribution >= 0.6 is 0 Å². The van der Waals surface area contributed by atoms with Crippen molar-refractivity contribution in [3.8, 4) is 0 Å². The lowest BCUT2D eigenvalue weighted by Crippen LogP contribution is -2.46. The maximum Gasteiger partial charge on any atom is 0.419 e. The minimum Gasteiger partial charge on any atom is -0.408 e. The van der Waals surface area contributed by atoms with Gasteiger partial charge in [-0.15, -0.1) is 0 Å². The first-order chi connectivity index (χ1) is 8.36. The van der Waals surface area contributed by atoms with Gasteiger partial charge in [0.2, 0.25) is 0 Å². The summed E-state index contributed by atoms with van der Waals surface area (Å²) in [5.74, 6) is -0.358. The van der Waals surface area contributed by atoms with Crippen LogP contribution in [0.4, 0.5) is 0 Å². The van der Waals surface area contributed by atoms with Gasteiger partial charge in [0.15, 0.2) is 5.58 Å². The highest BCUT2D eigenvalue weighted by Crippen LogP contribution is 2.25. The molecule has 5 heteroatoms. The van der Waals surface area contributed by atoms with Crippen molar-refractivity contribution in [1.29, 1.82) is 0 Å². The summed E-state index contributed by atoms with van der Waals surface area (Å²) >= 11 is 0. The first kappa shape index (κ1) is 12.9. The zero-order valence-electron chi connectivity index (χ0n) is 11.2. The Balaban J connectivity index is 2.53. The summed E-state index contributed by atoms with van der Waals surface area (Å²) in [4.78, 5) is 11.4. The van der Waals surface area contributed by atoms with Crippen molar-refractivity contribution < 1.29 is 4.42 Å². The Morgan fingerprint density at radius 3 is 2.72 bits per heavy atom. The van der Waals surface area contributed by atoms with Crippen LogP contribution in [0.15, 0.2) is 27.4 Å². The van der Waals surface area contributed by atoms with E-state index in [0.717, 1.165) is 11.1 Å². The number of nitrogens with two attached hydrogens (primary N) is 1. The van der Waals surface area contributed by atoms with Crippen LogP contribution in [0.25, 0.3) is 11.1 Å². The number of hydrogen-bond acceptors (Lipinski definition) is 4. The maximum atomic E-state index is 11.4. The number of likely N-dealkylation sites (N-methyl/N-ethyl adjacent to an activating group) is 1. The molecule has 0 radical (unpaired) electrons. The minimum atomic E-state index is -0.358. The average molecular weight is 249 g/mol. The molecule has 1 unspecified atom stereocenters. The molecule has 1 aromatic heterocycles. The lowest BCUT2D eigenvalue weighted by molar-refractivity contribution is 0.349. The summed E-state index contributed by atoms with van der Waals surface area (Å²) in [6.45, 7) is 4.08.